The van der Waals surface area contributed by atoms with Gasteiger partial charge in [0, 0.05) is 17.8 Å². The molecule has 0 aliphatic carbocycles. The fourth-order valence-electron chi connectivity index (χ4n) is 3.48. The molecule has 0 saturated carbocycles. The Kier molecular flexibility index (Phi) is 4.60. The number of aliphatic imine (C=N–C) groups is 1. The lowest BCUT2D eigenvalue weighted by molar-refractivity contribution is 0.355. The first kappa shape index (κ1) is 18.4. The maximum absolute atomic E-state index is 10.7. The lowest BCUT2D eigenvalue weighted by Gasteiger charge is -2.13. The summed E-state index contributed by atoms with van der Waals surface area (Å²) < 4.78 is 10.6. The molecule has 4 rings (SSSR count). The topological polar surface area (TPSA) is 91.5 Å². The maximum atomic E-state index is 10.7. The summed E-state index contributed by atoms with van der Waals surface area (Å²) in [5, 5.41) is 33.1. The van der Waals surface area contributed by atoms with Crippen LogP contribution in [-0.4, -0.2) is 35.8 Å². The van der Waals surface area contributed by atoms with E-state index in [4.69, 9.17) is 9.47 Å². The monoisotopic (exact) mass is 389 g/mol. The van der Waals surface area contributed by atoms with Crippen LogP contribution in [0.15, 0.2) is 59.6 Å². The highest BCUT2D eigenvalue weighted by atomic mass is 16.5. The van der Waals surface area contributed by atoms with E-state index in [1.165, 1.54) is 12.1 Å². The van der Waals surface area contributed by atoms with Gasteiger partial charge in [-0.25, -0.2) is 0 Å². The Morgan fingerprint density at radius 2 is 1.34 bits per heavy atom. The minimum absolute atomic E-state index is 0.0779. The Balaban J connectivity index is 1.98. The SMILES string of the molecule is COc1ccc(N=Cc2c3cccc(O)c3c(O)c3c(O)cccc23)cc1OC. The molecule has 3 N–H and O–H groups in total. The molecule has 146 valence electrons. The average Bonchev–Trinajstić information content (AvgIpc) is 2.73. The van der Waals surface area contributed by atoms with Crippen molar-refractivity contribution in [3.05, 3.63) is 60.2 Å². The van der Waals surface area contributed by atoms with Gasteiger partial charge in [0.2, 0.25) is 0 Å². The Morgan fingerprint density at radius 3 is 1.90 bits per heavy atom. The molecule has 0 saturated heterocycles. The quantitative estimate of drug-likeness (QED) is 0.342. The largest absolute Gasteiger partial charge is 0.507 e. The Labute approximate surface area is 166 Å². The number of ether oxygens (including phenoxy) is 2. The number of hydrogen-bond donors (Lipinski definition) is 3. The van der Waals surface area contributed by atoms with Gasteiger partial charge in [0.1, 0.15) is 17.2 Å². The van der Waals surface area contributed by atoms with Crippen LogP contribution >= 0.6 is 0 Å². The van der Waals surface area contributed by atoms with Crippen LogP contribution in [0.1, 0.15) is 5.56 Å². The van der Waals surface area contributed by atoms with E-state index in [0.29, 0.717) is 33.5 Å². The molecule has 29 heavy (non-hydrogen) atoms. The second-order valence-corrected chi connectivity index (χ2v) is 6.46. The number of rotatable bonds is 4. The van der Waals surface area contributed by atoms with Crippen LogP contribution in [0.3, 0.4) is 0 Å². The molecular weight excluding hydrogens is 370 g/mol. The van der Waals surface area contributed by atoms with Crippen LogP contribution in [0.4, 0.5) is 5.69 Å². The summed E-state index contributed by atoms with van der Waals surface area (Å²) in [7, 11) is 3.12. The van der Waals surface area contributed by atoms with Gasteiger partial charge in [-0.15, -0.1) is 0 Å². The summed E-state index contributed by atoms with van der Waals surface area (Å²) in [5.74, 6) is 0.825. The first-order chi connectivity index (χ1) is 14.0. The third-order valence-corrected chi connectivity index (χ3v) is 4.85. The fourth-order valence-corrected chi connectivity index (χ4v) is 3.48. The van der Waals surface area contributed by atoms with Crippen LogP contribution in [0.25, 0.3) is 21.5 Å². The molecule has 0 aliphatic heterocycles. The van der Waals surface area contributed by atoms with Crippen molar-refractivity contribution in [2.45, 2.75) is 0 Å². The van der Waals surface area contributed by atoms with Gasteiger partial charge < -0.3 is 24.8 Å². The van der Waals surface area contributed by atoms with E-state index in [0.717, 1.165) is 0 Å². The molecule has 0 unspecified atom stereocenters. The number of methoxy groups -OCH3 is 2. The molecule has 4 aromatic carbocycles. The molecule has 0 heterocycles. The summed E-state index contributed by atoms with van der Waals surface area (Å²) in [6.45, 7) is 0. The summed E-state index contributed by atoms with van der Waals surface area (Å²) in [4.78, 5) is 4.54. The van der Waals surface area contributed by atoms with Crippen molar-refractivity contribution in [3.8, 4) is 28.7 Å². The Bertz CT molecular complexity index is 1200. The molecule has 0 atom stereocenters. The second-order valence-electron chi connectivity index (χ2n) is 6.46. The molecule has 0 spiro atoms. The Hall–Kier alpha value is -3.93. The van der Waals surface area contributed by atoms with Gasteiger partial charge in [0.05, 0.1) is 30.7 Å². The van der Waals surface area contributed by atoms with Crippen LogP contribution in [0, 0.1) is 0 Å². The van der Waals surface area contributed by atoms with Crippen molar-refractivity contribution in [2.75, 3.05) is 14.2 Å². The zero-order chi connectivity index (χ0) is 20.5. The lowest BCUT2D eigenvalue weighted by atomic mass is 9.95. The van der Waals surface area contributed by atoms with Crippen LogP contribution < -0.4 is 9.47 Å². The molecule has 0 aromatic heterocycles. The minimum atomic E-state index is -0.172. The lowest BCUT2D eigenvalue weighted by Crippen LogP contribution is -1.91. The number of hydrogen-bond acceptors (Lipinski definition) is 6. The van der Waals surface area contributed by atoms with Crippen molar-refractivity contribution < 1.29 is 24.8 Å². The number of phenolic OH excluding ortho intramolecular Hbond substituents is 3. The molecule has 4 aromatic rings. The van der Waals surface area contributed by atoms with E-state index in [9.17, 15) is 15.3 Å². The van der Waals surface area contributed by atoms with Gasteiger partial charge in [-0.2, -0.15) is 0 Å². The normalized spacial score (nSPS) is 11.4. The summed E-state index contributed by atoms with van der Waals surface area (Å²) in [6, 6.07) is 15.2. The van der Waals surface area contributed by atoms with Crippen molar-refractivity contribution >= 4 is 33.4 Å². The first-order valence-electron chi connectivity index (χ1n) is 8.89. The number of fused-ring (bicyclic) bond motifs is 2. The molecule has 0 amide bonds. The zero-order valence-electron chi connectivity index (χ0n) is 15.9. The highest BCUT2D eigenvalue weighted by Gasteiger charge is 2.17. The molecule has 0 aliphatic rings. The third kappa shape index (κ3) is 3.04. The standard InChI is InChI=1S/C23H19NO5/c1-28-19-10-9-13(11-20(19)29-2)24-12-16-14-5-3-7-17(25)21(14)23(27)22-15(16)6-4-8-18(22)26/h3-12,25-27H,1-2H3. The third-order valence-electron chi connectivity index (χ3n) is 4.85. The van der Waals surface area contributed by atoms with Gasteiger partial charge in [0.15, 0.2) is 11.5 Å². The van der Waals surface area contributed by atoms with Crippen molar-refractivity contribution in [1.82, 2.24) is 0 Å². The number of phenols is 3. The van der Waals surface area contributed by atoms with Gasteiger partial charge in [0.25, 0.3) is 0 Å². The summed E-state index contributed by atoms with van der Waals surface area (Å²) >= 11 is 0. The molecule has 0 fully saturated rings. The summed E-state index contributed by atoms with van der Waals surface area (Å²) in [5.41, 5.74) is 1.30. The predicted octanol–water partition coefficient (Wildman–Crippen LogP) is 4.88. The minimum Gasteiger partial charge on any atom is -0.507 e. The van der Waals surface area contributed by atoms with Gasteiger partial charge in [-0.1, -0.05) is 24.3 Å². The average molecular weight is 389 g/mol. The smallest absolute Gasteiger partial charge is 0.162 e. The van der Waals surface area contributed by atoms with E-state index >= 15 is 0 Å². The molecule has 0 radical (unpaired) electrons. The van der Waals surface area contributed by atoms with E-state index in [2.05, 4.69) is 4.99 Å². The van der Waals surface area contributed by atoms with Gasteiger partial charge in [-0.3, -0.25) is 4.99 Å². The van der Waals surface area contributed by atoms with E-state index in [-0.39, 0.29) is 28.0 Å². The predicted molar refractivity (Wildman–Crippen MR) is 113 cm³/mol. The van der Waals surface area contributed by atoms with Crippen LogP contribution in [-0.2, 0) is 0 Å². The molecule has 0 bridgehead atoms. The zero-order valence-corrected chi connectivity index (χ0v) is 15.9. The number of nitrogens with zero attached hydrogens (tertiary/aromatic N) is 1. The van der Waals surface area contributed by atoms with E-state index in [1.807, 2.05) is 0 Å². The fraction of sp³-hybridized carbons (Fsp3) is 0.0870. The maximum Gasteiger partial charge on any atom is 0.162 e. The number of benzene rings is 4. The highest BCUT2D eigenvalue weighted by molar-refractivity contribution is 6.19. The van der Waals surface area contributed by atoms with E-state index < -0.39 is 0 Å². The summed E-state index contributed by atoms with van der Waals surface area (Å²) in [6.07, 6.45) is 1.64. The van der Waals surface area contributed by atoms with Crippen molar-refractivity contribution in [2.24, 2.45) is 4.99 Å². The van der Waals surface area contributed by atoms with E-state index in [1.54, 1.807) is 62.9 Å². The number of aromatic hydroxyl groups is 3. The van der Waals surface area contributed by atoms with Gasteiger partial charge in [-0.05, 0) is 35.0 Å². The molecular formula is C23H19NO5. The molecule has 6 heteroatoms. The first-order valence-corrected chi connectivity index (χ1v) is 8.89. The van der Waals surface area contributed by atoms with Crippen molar-refractivity contribution in [1.29, 1.82) is 0 Å². The van der Waals surface area contributed by atoms with Crippen molar-refractivity contribution in [3.63, 3.8) is 0 Å². The Morgan fingerprint density at radius 1 is 0.759 bits per heavy atom. The van der Waals surface area contributed by atoms with Crippen LogP contribution in [0.5, 0.6) is 28.7 Å². The van der Waals surface area contributed by atoms with Gasteiger partial charge >= 0.3 is 0 Å². The second kappa shape index (κ2) is 7.24. The highest BCUT2D eigenvalue weighted by Crippen LogP contribution is 2.44. The van der Waals surface area contributed by atoms with Crippen LogP contribution in [0.2, 0.25) is 0 Å². The molecule has 6 nitrogen and oxygen atoms in total.